The number of fused-ring (bicyclic) bond motifs is 1. The quantitative estimate of drug-likeness (QED) is 0.387. The number of nitrogens with zero attached hydrogens (tertiary/aromatic N) is 1. The second-order valence-corrected chi connectivity index (χ2v) is 6.71. The summed E-state index contributed by atoms with van der Waals surface area (Å²) >= 11 is 0. The van der Waals surface area contributed by atoms with E-state index < -0.39 is 17.8 Å². The van der Waals surface area contributed by atoms with Crippen LogP contribution in [0.3, 0.4) is 0 Å². The van der Waals surface area contributed by atoms with E-state index in [1.54, 1.807) is 42.5 Å². The predicted molar refractivity (Wildman–Crippen MR) is 102 cm³/mol. The van der Waals surface area contributed by atoms with Gasteiger partial charge in [-0.05, 0) is 29.7 Å². The van der Waals surface area contributed by atoms with Crippen LogP contribution in [0.25, 0.3) is 10.8 Å². The molecule has 0 aromatic heterocycles. The van der Waals surface area contributed by atoms with Crippen LogP contribution < -0.4 is 14.2 Å². The molecule has 0 saturated carbocycles. The first-order valence-electron chi connectivity index (χ1n) is 9.10. The molecule has 0 radical (unpaired) electrons. The van der Waals surface area contributed by atoms with Crippen molar-refractivity contribution in [3.63, 3.8) is 0 Å². The van der Waals surface area contributed by atoms with E-state index in [9.17, 15) is 14.4 Å². The lowest BCUT2D eigenvalue weighted by Crippen LogP contribution is -2.41. The van der Waals surface area contributed by atoms with Crippen molar-refractivity contribution >= 4 is 28.6 Å². The van der Waals surface area contributed by atoms with Crippen LogP contribution >= 0.6 is 0 Å². The summed E-state index contributed by atoms with van der Waals surface area (Å²) in [6.07, 6.45) is -0.121. The molecule has 0 bridgehead atoms. The van der Waals surface area contributed by atoms with Crippen LogP contribution in [0.2, 0.25) is 0 Å². The third kappa shape index (κ3) is 2.87. The van der Waals surface area contributed by atoms with Crippen LogP contribution in [-0.2, 0) is 4.79 Å². The third-order valence-corrected chi connectivity index (χ3v) is 4.97. The standard InChI is InChI=1S/C22H15NO6/c24-19(29-14-7-8-17-18(11-14)28-12-27-17)9-10-23-21(25)15-5-1-3-13-4-2-6-16(20(13)15)22(23)26/h1-8,11H,9-10,12H2. The van der Waals surface area contributed by atoms with Crippen LogP contribution in [0.15, 0.2) is 54.6 Å². The van der Waals surface area contributed by atoms with Crippen molar-refractivity contribution in [3.8, 4) is 17.2 Å². The van der Waals surface area contributed by atoms with Crippen molar-refractivity contribution < 1.29 is 28.6 Å². The summed E-state index contributed by atoms with van der Waals surface area (Å²) < 4.78 is 15.8. The van der Waals surface area contributed by atoms with Gasteiger partial charge in [-0.15, -0.1) is 0 Å². The Morgan fingerprint density at radius 2 is 1.62 bits per heavy atom. The highest BCUT2D eigenvalue weighted by Crippen LogP contribution is 2.35. The second-order valence-electron chi connectivity index (χ2n) is 6.71. The van der Waals surface area contributed by atoms with Gasteiger partial charge in [0.15, 0.2) is 11.5 Å². The first-order valence-corrected chi connectivity index (χ1v) is 9.10. The smallest absolute Gasteiger partial charge is 0.313 e. The molecule has 5 rings (SSSR count). The lowest BCUT2D eigenvalue weighted by molar-refractivity contribution is -0.134. The molecule has 2 aliphatic rings. The number of hydrogen-bond donors (Lipinski definition) is 0. The molecule has 0 saturated heterocycles. The molecule has 3 aromatic carbocycles. The summed E-state index contributed by atoms with van der Waals surface area (Å²) in [5.74, 6) is 0.0288. The average molecular weight is 389 g/mol. The fraction of sp³-hybridized carbons (Fsp3) is 0.136. The minimum absolute atomic E-state index is 0.0637. The Hall–Kier alpha value is -3.87. The number of imide groups is 1. The monoisotopic (exact) mass is 389 g/mol. The number of hydrogen-bond acceptors (Lipinski definition) is 6. The highest BCUT2D eigenvalue weighted by molar-refractivity contribution is 6.25. The molecular formula is C22H15NO6. The maximum Gasteiger partial charge on any atom is 0.313 e. The number of rotatable bonds is 4. The SMILES string of the molecule is O=C(CCN1C(=O)c2cccc3cccc(c23)C1=O)Oc1ccc2c(c1)OCO2. The molecule has 7 heteroatoms. The molecule has 2 heterocycles. The molecule has 0 N–H and O–H groups in total. The molecule has 0 aliphatic carbocycles. The van der Waals surface area contributed by atoms with Gasteiger partial charge in [0.2, 0.25) is 6.79 Å². The summed E-state index contributed by atoms with van der Waals surface area (Å²) in [6.45, 7) is 0.0614. The summed E-state index contributed by atoms with van der Waals surface area (Å²) in [6, 6.07) is 15.5. The molecule has 3 aromatic rings. The van der Waals surface area contributed by atoms with E-state index in [4.69, 9.17) is 14.2 Å². The van der Waals surface area contributed by atoms with Crippen molar-refractivity contribution in [1.82, 2.24) is 4.90 Å². The third-order valence-electron chi connectivity index (χ3n) is 4.97. The fourth-order valence-electron chi connectivity index (χ4n) is 3.61. The Bertz CT molecular complexity index is 1130. The number of amides is 2. The van der Waals surface area contributed by atoms with Crippen molar-refractivity contribution in [2.75, 3.05) is 13.3 Å². The first kappa shape index (κ1) is 17.2. The number of carbonyl (C=O) groups excluding carboxylic acids is 3. The average Bonchev–Trinajstić information content (AvgIpc) is 3.19. The normalized spacial score (nSPS) is 14.4. The highest BCUT2D eigenvalue weighted by Gasteiger charge is 2.32. The number of ether oxygens (including phenoxy) is 3. The van der Waals surface area contributed by atoms with E-state index >= 15 is 0 Å². The van der Waals surface area contributed by atoms with Gasteiger partial charge in [0.25, 0.3) is 11.8 Å². The molecule has 2 amide bonds. The van der Waals surface area contributed by atoms with Gasteiger partial charge in [0, 0.05) is 29.1 Å². The lowest BCUT2D eigenvalue weighted by Gasteiger charge is -2.26. The maximum atomic E-state index is 12.8. The van der Waals surface area contributed by atoms with Crippen LogP contribution in [0.5, 0.6) is 17.2 Å². The van der Waals surface area contributed by atoms with E-state index in [1.807, 2.05) is 12.1 Å². The Morgan fingerprint density at radius 3 is 2.34 bits per heavy atom. The van der Waals surface area contributed by atoms with Crippen LogP contribution in [-0.4, -0.2) is 36.0 Å². The zero-order valence-corrected chi connectivity index (χ0v) is 15.2. The van der Waals surface area contributed by atoms with Gasteiger partial charge in [-0.25, -0.2) is 0 Å². The molecule has 7 nitrogen and oxygen atoms in total. The Labute approximate surface area is 165 Å². The van der Waals surface area contributed by atoms with Crippen molar-refractivity contribution in [2.45, 2.75) is 6.42 Å². The largest absolute Gasteiger partial charge is 0.454 e. The number of benzene rings is 3. The molecule has 144 valence electrons. The van der Waals surface area contributed by atoms with Gasteiger partial charge >= 0.3 is 5.97 Å². The minimum atomic E-state index is -0.554. The Kier molecular flexibility index (Phi) is 3.94. The van der Waals surface area contributed by atoms with Crippen LogP contribution in [0.1, 0.15) is 27.1 Å². The van der Waals surface area contributed by atoms with Gasteiger partial charge in [0.1, 0.15) is 5.75 Å². The van der Waals surface area contributed by atoms with Crippen molar-refractivity contribution in [3.05, 3.63) is 65.7 Å². The number of esters is 1. The van der Waals surface area contributed by atoms with Gasteiger partial charge in [-0.3, -0.25) is 19.3 Å². The summed E-state index contributed by atoms with van der Waals surface area (Å²) in [4.78, 5) is 39.0. The molecule has 0 unspecified atom stereocenters. The predicted octanol–water partition coefficient (Wildman–Crippen LogP) is 3.16. The molecule has 2 aliphatic heterocycles. The van der Waals surface area contributed by atoms with Crippen LogP contribution in [0.4, 0.5) is 0 Å². The minimum Gasteiger partial charge on any atom is -0.454 e. The van der Waals surface area contributed by atoms with Gasteiger partial charge < -0.3 is 14.2 Å². The highest BCUT2D eigenvalue weighted by atomic mass is 16.7. The van der Waals surface area contributed by atoms with Gasteiger partial charge in [-0.1, -0.05) is 24.3 Å². The Balaban J connectivity index is 1.31. The van der Waals surface area contributed by atoms with Crippen LogP contribution in [0, 0.1) is 0 Å². The zero-order valence-electron chi connectivity index (χ0n) is 15.2. The van der Waals surface area contributed by atoms with Crippen molar-refractivity contribution in [2.24, 2.45) is 0 Å². The second kappa shape index (κ2) is 6.63. The molecule has 0 spiro atoms. The Morgan fingerprint density at radius 1 is 0.931 bits per heavy atom. The summed E-state index contributed by atoms with van der Waals surface area (Å²) in [5, 5.41) is 1.49. The van der Waals surface area contributed by atoms with E-state index in [-0.39, 0.29) is 19.8 Å². The molecule has 0 atom stereocenters. The van der Waals surface area contributed by atoms with E-state index in [0.29, 0.717) is 33.8 Å². The topological polar surface area (TPSA) is 82.1 Å². The zero-order chi connectivity index (χ0) is 20.0. The van der Waals surface area contributed by atoms with Gasteiger partial charge in [0.05, 0.1) is 6.42 Å². The van der Waals surface area contributed by atoms with E-state index in [0.717, 1.165) is 10.3 Å². The molecule has 29 heavy (non-hydrogen) atoms. The summed E-state index contributed by atoms with van der Waals surface area (Å²) in [7, 11) is 0. The molecular weight excluding hydrogens is 374 g/mol. The summed E-state index contributed by atoms with van der Waals surface area (Å²) in [5.41, 5.74) is 0.920. The number of carbonyl (C=O) groups is 3. The van der Waals surface area contributed by atoms with Crippen molar-refractivity contribution in [1.29, 1.82) is 0 Å². The maximum absolute atomic E-state index is 12.8. The van der Waals surface area contributed by atoms with E-state index in [2.05, 4.69) is 0 Å². The fourth-order valence-corrected chi connectivity index (χ4v) is 3.61. The van der Waals surface area contributed by atoms with E-state index in [1.165, 1.54) is 0 Å². The van der Waals surface area contributed by atoms with Gasteiger partial charge in [-0.2, -0.15) is 0 Å². The first-order chi connectivity index (χ1) is 14.1. The molecule has 0 fully saturated rings. The lowest BCUT2D eigenvalue weighted by atomic mass is 9.94.